The van der Waals surface area contributed by atoms with Crippen LogP contribution in [-0.4, -0.2) is 15.1 Å². The molecule has 0 atom stereocenters. The second kappa shape index (κ2) is 6.12. The van der Waals surface area contributed by atoms with Crippen LogP contribution in [0.5, 0.6) is 5.75 Å². The van der Waals surface area contributed by atoms with Gasteiger partial charge in [0.25, 0.3) is 5.89 Å². The molecule has 0 radical (unpaired) electrons. The first-order chi connectivity index (χ1) is 11.8. The number of para-hydroxylation sites is 1. The third kappa shape index (κ3) is 2.84. The Morgan fingerprint density at radius 3 is 2.83 bits per heavy atom. The van der Waals surface area contributed by atoms with E-state index in [-0.39, 0.29) is 6.61 Å². The van der Waals surface area contributed by atoms with E-state index in [2.05, 4.69) is 15.1 Å². The van der Waals surface area contributed by atoms with Crippen LogP contribution in [0, 0.1) is 6.92 Å². The number of pyridine rings is 1. The van der Waals surface area contributed by atoms with Crippen LogP contribution < -0.4 is 4.74 Å². The van der Waals surface area contributed by atoms with Gasteiger partial charge in [0.05, 0.1) is 0 Å². The number of rotatable bonds is 4. The van der Waals surface area contributed by atoms with Gasteiger partial charge in [-0.1, -0.05) is 41.1 Å². The molecule has 0 aliphatic rings. The van der Waals surface area contributed by atoms with Crippen LogP contribution in [0.25, 0.3) is 22.4 Å². The van der Waals surface area contributed by atoms with Crippen LogP contribution in [0.4, 0.5) is 0 Å². The molecular formula is C19H15N3O2. The first-order valence-electron chi connectivity index (χ1n) is 7.66. The minimum Gasteiger partial charge on any atom is -0.483 e. The lowest BCUT2D eigenvalue weighted by atomic mass is 10.1. The van der Waals surface area contributed by atoms with Gasteiger partial charge in [0.1, 0.15) is 11.3 Å². The van der Waals surface area contributed by atoms with Crippen molar-refractivity contribution in [2.45, 2.75) is 13.5 Å². The van der Waals surface area contributed by atoms with E-state index in [1.165, 1.54) is 0 Å². The van der Waals surface area contributed by atoms with Crippen LogP contribution in [0.3, 0.4) is 0 Å². The van der Waals surface area contributed by atoms with E-state index >= 15 is 0 Å². The molecule has 0 aliphatic heterocycles. The van der Waals surface area contributed by atoms with Crippen molar-refractivity contribution in [1.82, 2.24) is 15.1 Å². The summed E-state index contributed by atoms with van der Waals surface area (Å²) < 4.78 is 11.2. The summed E-state index contributed by atoms with van der Waals surface area (Å²) in [4.78, 5) is 8.76. The molecule has 0 aliphatic carbocycles. The summed E-state index contributed by atoms with van der Waals surface area (Å²) in [5.41, 5.74) is 2.87. The molecule has 0 N–H and O–H groups in total. The fourth-order valence-electron chi connectivity index (χ4n) is 2.54. The normalized spacial score (nSPS) is 10.9. The lowest BCUT2D eigenvalue weighted by molar-refractivity contribution is 0.290. The molecule has 0 fully saturated rings. The molecule has 0 bridgehead atoms. The van der Waals surface area contributed by atoms with Gasteiger partial charge in [0.15, 0.2) is 6.61 Å². The smallest absolute Gasteiger partial charge is 0.258 e. The maximum Gasteiger partial charge on any atom is 0.258 e. The molecule has 2 heterocycles. The molecule has 118 valence electrons. The number of nitrogens with zero attached hydrogens (tertiary/aromatic N) is 3. The van der Waals surface area contributed by atoms with E-state index in [1.807, 2.05) is 61.5 Å². The largest absolute Gasteiger partial charge is 0.483 e. The molecule has 2 aromatic carbocycles. The summed E-state index contributed by atoms with van der Waals surface area (Å²) in [5, 5.41) is 5.02. The summed E-state index contributed by atoms with van der Waals surface area (Å²) in [6.07, 6.45) is 1.75. The Morgan fingerprint density at radius 1 is 1.04 bits per heavy atom. The molecule has 5 nitrogen and oxygen atoms in total. The van der Waals surface area contributed by atoms with E-state index in [9.17, 15) is 0 Å². The lowest BCUT2D eigenvalue weighted by Crippen LogP contribution is -1.98. The topological polar surface area (TPSA) is 61.0 Å². The van der Waals surface area contributed by atoms with Gasteiger partial charge in [-0.2, -0.15) is 4.98 Å². The highest BCUT2D eigenvalue weighted by Gasteiger charge is 2.10. The number of hydrogen-bond acceptors (Lipinski definition) is 5. The molecule has 0 spiro atoms. The Labute approximate surface area is 138 Å². The van der Waals surface area contributed by atoms with Crippen LogP contribution in [0.15, 0.2) is 65.3 Å². The Morgan fingerprint density at radius 2 is 1.92 bits per heavy atom. The minimum atomic E-state index is 0.227. The molecule has 5 heteroatoms. The zero-order chi connectivity index (χ0) is 16.4. The summed E-state index contributed by atoms with van der Waals surface area (Å²) in [5.74, 6) is 1.70. The standard InChI is InChI=1S/C19H15N3O2/c1-13-5-2-7-15(11-13)19-21-17(22-24-19)12-23-16-9-3-6-14-8-4-10-20-18(14)16/h2-11H,12H2,1H3. The van der Waals surface area contributed by atoms with E-state index in [1.54, 1.807) is 6.20 Å². The number of ether oxygens (including phenoxy) is 1. The average Bonchev–Trinajstić information content (AvgIpc) is 3.09. The van der Waals surface area contributed by atoms with Crippen molar-refractivity contribution in [3.8, 4) is 17.2 Å². The molecule has 0 unspecified atom stereocenters. The van der Waals surface area contributed by atoms with Crippen LogP contribution >= 0.6 is 0 Å². The predicted molar refractivity (Wildman–Crippen MR) is 90.5 cm³/mol. The zero-order valence-corrected chi connectivity index (χ0v) is 13.1. The Balaban J connectivity index is 1.54. The van der Waals surface area contributed by atoms with Gasteiger partial charge >= 0.3 is 0 Å². The number of aryl methyl sites for hydroxylation is 1. The van der Waals surface area contributed by atoms with Crippen molar-refractivity contribution < 1.29 is 9.26 Å². The maximum atomic E-state index is 5.83. The number of benzene rings is 2. The fourth-order valence-corrected chi connectivity index (χ4v) is 2.54. The third-order valence-corrected chi connectivity index (χ3v) is 3.69. The molecular weight excluding hydrogens is 302 g/mol. The minimum absolute atomic E-state index is 0.227. The molecule has 2 aromatic heterocycles. The van der Waals surface area contributed by atoms with Gasteiger partial charge in [-0.3, -0.25) is 4.98 Å². The molecule has 0 saturated heterocycles. The number of aromatic nitrogens is 3. The molecule has 0 amide bonds. The first-order valence-corrected chi connectivity index (χ1v) is 7.66. The van der Waals surface area contributed by atoms with Gasteiger partial charge in [0.2, 0.25) is 5.82 Å². The first kappa shape index (κ1) is 14.4. The Hall–Kier alpha value is -3.21. The molecule has 4 aromatic rings. The third-order valence-electron chi connectivity index (χ3n) is 3.69. The van der Waals surface area contributed by atoms with E-state index < -0.39 is 0 Å². The van der Waals surface area contributed by atoms with Crippen molar-refractivity contribution in [2.75, 3.05) is 0 Å². The quantitative estimate of drug-likeness (QED) is 0.565. The summed E-state index contributed by atoms with van der Waals surface area (Å²) in [6.45, 7) is 2.25. The van der Waals surface area contributed by atoms with E-state index in [0.717, 1.165) is 22.0 Å². The van der Waals surface area contributed by atoms with Crippen molar-refractivity contribution in [1.29, 1.82) is 0 Å². The zero-order valence-electron chi connectivity index (χ0n) is 13.1. The van der Waals surface area contributed by atoms with Crippen molar-refractivity contribution in [2.24, 2.45) is 0 Å². The highest BCUT2D eigenvalue weighted by molar-refractivity contribution is 5.84. The summed E-state index contributed by atoms with van der Waals surface area (Å²) in [7, 11) is 0. The Kier molecular flexibility index (Phi) is 3.67. The molecule has 4 rings (SSSR count). The predicted octanol–water partition coefficient (Wildman–Crippen LogP) is 4.17. The van der Waals surface area contributed by atoms with Crippen LogP contribution in [0.1, 0.15) is 11.4 Å². The lowest BCUT2D eigenvalue weighted by Gasteiger charge is -2.06. The highest BCUT2D eigenvalue weighted by Crippen LogP contribution is 2.24. The molecule has 24 heavy (non-hydrogen) atoms. The van der Waals surface area contributed by atoms with Crippen molar-refractivity contribution in [3.63, 3.8) is 0 Å². The van der Waals surface area contributed by atoms with E-state index in [0.29, 0.717) is 17.5 Å². The van der Waals surface area contributed by atoms with Gasteiger partial charge < -0.3 is 9.26 Å². The number of hydrogen-bond donors (Lipinski definition) is 0. The average molecular weight is 317 g/mol. The highest BCUT2D eigenvalue weighted by atomic mass is 16.5. The van der Waals surface area contributed by atoms with E-state index in [4.69, 9.17) is 9.26 Å². The second-order valence-electron chi connectivity index (χ2n) is 5.51. The fraction of sp³-hybridized carbons (Fsp3) is 0.105. The monoisotopic (exact) mass is 317 g/mol. The van der Waals surface area contributed by atoms with Crippen LogP contribution in [-0.2, 0) is 6.61 Å². The number of fused-ring (bicyclic) bond motifs is 1. The van der Waals surface area contributed by atoms with Gasteiger partial charge in [0, 0.05) is 17.1 Å². The van der Waals surface area contributed by atoms with Gasteiger partial charge in [-0.15, -0.1) is 0 Å². The second-order valence-corrected chi connectivity index (χ2v) is 5.51. The van der Waals surface area contributed by atoms with Crippen molar-refractivity contribution >= 4 is 10.9 Å². The maximum absolute atomic E-state index is 5.83. The summed E-state index contributed by atoms with van der Waals surface area (Å²) in [6, 6.07) is 17.7. The van der Waals surface area contributed by atoms with Gasteiger partial charge in [-0.25, -0.2) is 0 Å². The Bertz CT molecular complexity index is 989. The van der Waals surface area contributed by atoms with Gasteiger partial charge in [-0.05, 0) is 31.2 Å². The summed E-state index contributed by atoms with van der Waals surface area (Å²) >= 11 is 0. The van der Waals surface area contributed by atoms with Crippen molar-refractivity contribution in [3.05, 3.63) is 72.2 Å². The van der Waals surface area contributed by atoms with Crippen LogP contribution in [0.2, 0.25) is 0 Å². The SMILES string of the molecule is Cc1cccc(-c2nc(COc3cccc4cccnc34)no2)c1. The molecule has 0 saturated carbocycles.